The first-order valence-corrected chi connectivity index (χ1v) is 11.9. The van der Waals surface area contributed by atoms with Crippen molar-refractivity contribution in [2.75, 3.05) is 10.6 Å². The molecule has 4 nitrogen and oxygen atoms in total. The van der Waals surface area contributed by atoms with E-state index in [0.717, 1.165) is 18.2 Å². The second-order valence-electron chi connectivity index (χ2n) is 8.25. The highest BCUT2D eigenvalue weighted by molar-refractivity contribution is 6.53. The molecule has 200 valence electrons. The topological polar surface area (TPSA) is 58.2 Å². The molecular weight excluding hydrogens is 604 g/mol. The molecule has 0 bridgehead atoms. The van der Waals surface area contributed by atoms with E-state index in [0.29, 0.717) is 18.2 Å². The van der Waals surface area contributed by atoms with Crippen molar-refractivity contribution >= 4 is 69.6 Å². The third-order valence-corrected chi connectivity index (χ3v) is 7.36. The number of amides is 2. The Bertz CT molecular complexity index is 1460. The number of halogens is 10. The average molecular weight is 616 g/mol. The van der Waals surface area contributed by atoms with Crippen molar-refractivity contribution in [3.05, 3.63) is 92.7 Å². The second-order valence-corrected chi connectivity index (χ2v) is 10.5. The predicted molar refractivity (Wildman–Crippen MR) is 131 cm³/mol. The van der Waals surface area contributed by atoms with Crippen LogP contribution in [0.25, 0.3) is 0 Å². The van der Waals surface area contributed by atoms with E-state index >= 15 is 0 Å². The molecule has 38 heavy (non-hydrogen) atoms. The van der Waals surface area contributed by atoms with Gasteiger partial charge in [-0.2, -0.15) is 13.2 Å². The maximum absolute atomic E-state index is 14.1. The van der Waals surface area contributed by atoms with E-state index in [1.54, 1.807) is 0 Å². The van der Waals surface area contributed by atoms with Crippen LogP contribution in [-0.4, -0.2) is 16.1 Å². The lowest BCUT2D eigenvalue weighted by Crippen LogP contribution is -2.18. The fourth-order valence-corrected chi connectivity index (χ4v) is 5.09. The Morgan fingerprint density at radius 1 is 0.868 bits per heavy atom. The van der Waals surface area contributed by atoms with Crippen molar-refractivity contribution in [3.8, 4) is 0 Å². The number of alkyl halides is 5. The highest BCUT2D eigenvalue weighted by Gasteiger charge is 2.68. The SMILES string of the molecule is O=C(Nc1ccc(F)cc1F)c1cc(NC(=O)C2C(c3cc(F)c(Cl)c(C(F)(F)F)c3)C2(Cl)Cl)ccc1Cl. The molecule has 2 amide bonds. The zero-order valence-electron chi connectivity index (χ0n) is 18.4. The van der Waals surface area contributed by atoms with Gasteiger partial charge in [-0.1, -0.05) is 23.2 Å². The van der Waals surface area contributed by atoms with Crippen LogP contribution in [0, 0.1) is 23.4 Å². The quantitative estimate of drug-likeness (QED) is 0.224. The maximum Gasteiger partial charge on any atom is 0.417 e. The maximum atomic E-state index is 14.1. The number of rotatable bonds is 5. The van der Waals surface area contributed by atoms with Gasteiger partial charge in [0.05, 0.1) is 32.8 Å². The minimum atomic E-state index is -4.97. The summed E-state index contributed by atoms with van der Waals surface area (Å²) in [6.45, 7) is 0. The summed E-state index contributed by atoms with van der Waals surface area (Å²) in [5.74, 6) is -7.50. The Kier molecular flexibility index (Phi) is 7.57. The molecule has 3 aromatic carbocycles. The van der Waals surface area contributed by atoms with Gasteiger partial charge >= 0.3 is 6.18 Å². The predicted octanol–water partition coefficient (Wildman–Crippen LogP) is 8.21. The smallest absolute Gasteiger partial charge is 0.326 e. The number of nitrogens with one attached hydrogen (secondary N) is 2. The average Bonchev–Trinajstić information content (AvgIpc) is 3.39. The standard InChI is InChI=1S/C24H12Cl4F6N2O2/c25-14-3-2-11(8-12(14)21(37)36-17-4-1-10(29)7-15(17)30)35-22(38)19-18(23(19,27)28)9-5-13(24(32,33)34)20(26)16(31)6-9/h1-8,18-19H,(H,35,38)(H,36,37). The molecule has 1 fully saturated rings. The van der Waals surface area contributed by atoms with Crippen LogP contribution in [-0.2, 0) is 11.0 Å². The van der Waals surface area contributed by atoms with E-state index < -0.39 is 62.2 Å². The van der Waals surface area contributed by atoms with E-state index in [4.69, 9.17) is 46.4 Å². The lowest BCUT2D eigenvalue weighted by molar-refractivity contribution is -0.137. The Hall–Kier alpha value is -2.66. The van der Waals surface area contributed by atoms with Gasteiger partial charge in [0, 0.05) is 17.7 Å². The molecule has 14 heteroatoms. The molecular formula is C24H12Cl4F6N2O2. The van der Waals surface area contributed by atoms with Crippen molar-refractivity contribution in [1.82, 2.24) is 0 Å². The van der Waals surface area contributed by atoms with Crippen molar-refractivity contribution < 1.29 is 35.9 Å². The first kappa shape index (κ1) is 28.4. The summed E-state index contributed by atoms with van der Waals surface area (Å²) in [6.07, 6.45) is -4.97. The van der Waals surface area contributed by atoms with Gasteiger partial charge in [0.15, 0.2) is 0 Å². The lowest BCUT2D eigenvalue weighted by Gasteiger charge is -2.12. The molecule has 2 N–H and O–H groups in total. The Labute approximate surface area is 230 Å². The van der Waals surface area contributed by atoms with Gasteiger partial charge in [-0.3, -0.25) is 9.59 Å². The molecule has 1 saturated carbocycles. The fraction of sp³-hybridized carbons (Fsp3) is 0.167. The summed E-state index contributed by atoms with van der Waals surface area (Å²) >= 11 is 23.8. The highest BCUT2D eigenvalue weighted by Crippen LogP contribution is 2.65. The van der Waals surface area contributed by atoms with Crippen LogP contribution in [0.1, 0.15) is 27.4 Å². The number of hydrogen-bond donors (Lipinski definition) is 2. The summed E-state index contributed by atoms with van der Waals surface area (Å²) < 4.78 is 79.1. The Morgan fingerprint density at radius 2 is 1.55 bits per heavy atom. The monoisotopic (exact) mass is 614 g/mol. The van der Waals surface area contributed by atoms with Crippen LogP contribution < -0.4 is 10.6 Å². The van der Waals surface area contributed by atoms with E-state index in [1.165, 1.54) is 12.1 Å². The Morgan fingerprint density at radius 3 is 2.18 bits per heavy atom. The fourth-order valence-electron chi connectivity index (χ4n) is 3.84. The summed E-state index contributed by atoms with van der Waals surface area (Å²) in [5.41, 5.74) is -2.25. The van der Waals surface area contributed by atoms with E-state index in [2.05, 4.69) is 10.6 Å². The molecule has 1 aliphatic carbocycles. The summed E-state index contributed by atoms with van der Waals surface area (Å²) in [5, 5.41) is 3.43. The van der Waals surface area contributed by atoms with E-state index in [-0.39, 0.29) is 27.5 Å². The van der Waals surface area contributed by atoms with Crippen LogP contribution in [0.5, 0.6) is 0 Å². The molecule has 0 heterocycles. The van der Waals surface area contributed by atoms with Gasteiger partial charge in [0.1, 0.15) is 21.8 Å². The first-order valence-electron chi connectivity index (χ1n) is 10.4. The number of carbonyl (C=O) groups excluding carboxylic acids is 2. The van der Waals surface area contributed by atoms with Gasteiger partial charge in [0.2, 0.25) is 5.91 Å². The molecule has 2 atom stereocenters. The summed E-state index contributed by atoms with van der Waals surface area (Å²) in [7, 11) is 0. The number of hydrogen-bond acceptors (Lipinski definition) is 2. The number of benzene rings is 3. The number of anilines is 2. The van der Waals surface area contributed by atoms with E-state index in [9.17, 15) is 35.9 Å². The molecule has 4 rings (SSSR count). The number of carbonyl (C=O) groups is 2. The largest absolute Gasteiger partial charge is 0.417 e. The van der Waals surface area contributed by atoms with Gasteiger partial charge in [-0.15, -0.1) is 23.2 Å². The zero-order valence-corrected chi connectivity index (χ0v) is 21.4. The lowest BCUT2D eigenvalue weighted by atomic mass is 10.0. The molecule has 0 aromatic heterocycles. The molecule has 0 spiro atoms. The minimum Gasteiger partial charge on any atom is -0.326 e. The van der Waals surface area contributed by atoms with Crippen LogP contribution in [0.2, 0.25) is 10.0 Å². The van der Waals surface area contributed by atoms with Gasteiger partial charge < -0.3 is 10.6 Å². The van der Waals surface area contributed by atoms with Crippen LogP contribution >= 0.6 is 46.4 Å². The molecule has 0 aliphatic heterocycles. The third-order valence-electron chi connectivity index (χ3n) is 5.71. The molecule has 3 aromatic rings. The molecule has 0 radical (unpaired) electrons. The summed E-state index contributed by atoms with van der Waals surface area (Å²) in [4.78, 5) is 25.5. The molecule has 0 saturated heterocycles. The minimum absolute atomic E-state index is 0.0113. The molecule has 1 aliphatic rings. The van der Waals surface area contributed by atoms with Gasteiger partial charge in [-0.05, 0) is 48.0 Å². The van der Waals surface area contributed by atoms with Crippen LogP contribution in [0.4, 0.5) is 37.7 Å². The van der Waals surface area contributed by atoms with Crippen molar-refractivity contribution in [2.45, 2.75) is 16.4 Å². The highest BCUT2D eigenvalue weighted by atomic mass is 35.5. The van der Waals surface area contributed by atoms with Crippen molar-refractivity contribution in [1.29, 1.82) is 0 Å². The third kappa shape index (κ3) is 5.54. The molecule has 2 unspecified atom stereocenters. The van der Waals surface area contributed by atoms with Crippen LogP contribution in [0.3, 0.4) is 0 Å². The second kappa shape index (κ2) is 10.1. The van der Waals surface area contributed by atoms with Crippen molar-refractivity contribution in [3.63, 3.8) is 0 Å². The first-order chi connectivity index (χ1) is 17.6. The zero-order chi connectivity index (χ0) is 28.2. The van der Waals surface area contributed by atoms with Gasteiger partial charge in [0.25, 0.3) is 5.91 Å². The van der Waals surface area contributed by atoms with Crippen LogP contribution in [0.15, 0.2) is 48.5 Å². The van der Waals surface area contributed by atoms with E-state index in [1.807, 2.05) is 0 Å². The summed E-state index contributed by atoms with van der Waals surface area (Å²) in [6, 6.07) is 7.47. The normalized spacial score (nSPS) is 18.2. The Balaban J connectivity index is 1.55. The van der Waals surface area contributed by atoms with Gasteiger partial charge in [-0.25, -0.2) is 13.2 Å². The van der Waals surface area contributed by atoms with Crippen molar-refractivity contribution in [2.24, 2.45) is 5.92 Å².